The van der Waals surface area contributed by atoms with Crippen molar-refractivity contribution in [2.45, 2.75) is 26.2 Å². The maximum absolute atomic E-state index is 12.4. The summed E-state index contributed by atoms with van der Waals surface area (Å²) in [5.41, 5.74) is 2.33. The highest BCUT2D eigenvalue weighted by atomic mass is 16.6. The Morgan fingerprint density at radius 3 is 2.52 bits per heavy atom. The van der Waals surface area contributed by atoms with Gasteiger partial charge in [-0.05, 0) is 43.2 Å². The van der Waals surface area contributed by atoms with Crippen LogP contribution in [0.5, 0.6) is 0 Å². The maximum atomic E-state index is 12.4. The number of hydrogen-bond acceptors (Lipinski definition) is 3. The van der Waals surface area contributed by atoms with Crippen LogP contribution in [0.2, 0.25) is 0 Å². The Bertz CT molecular complexity index is 800. The van der Waals surface area contributed by atoms with Crippen LogP contribution in [0.15, 0.2) is 48.5 Å². The molecule has 1 saturated heterocycles. The molecule has 0 bridgehead atoms. The van der Waals surface area contributed by atoms with Crippen molar-refractivity contribution in [2.24, 2.45) is 5.92 Å². The predicted octanol–water partition coefficient (Wildman–Crippen LogP) is 2.38. The number of anilines is 1. The molecule has 6 nitrogen and oxygen atoms in total. The van der Waals surface area contributed by atoms with Gasteiger partial charge in [0.15, 0.2) is 6.54 Å². The minimum Gasteiger partial charge on any atom is -0.327 e. The number of rotatable bonds is 6. The molecule has 1 heterocycles. The zero-order chi connectivity index (χ0) is 19.2. The van der Waals surface area contributed by atoms with E-state index in [-0.39, 0.29) is 11.6 Å². The lowest BCUT2D eigenvalue weighted by molar-refractivity contribution is -0.898. The van der Waals surface area contributed by atoms with E-state index in [9.17, 15) is 14.9 Å². The van der Waals surface area contributed by atoms with E-state index in [1.165, 1.54) is 16.5 Å². The number of nitro benzene ring substituents is 1. The van der Waals surface area contributed by atoms with Crippen LogP contribution in [0, 0.1) is 23.0 Å². The van der Waals surface area contributed by atoms with E-state index in [1.54, 1.807) is 19.1 Å². The first kappa shape index (κ1) is 19.0. The molecule has 1 aliphatic heterocycles. The molecule has 27 heavy (non-hydrogen) atoms. The van der Waals surface area contributed by atoms with Gasteiger partial charge in [-0.2, -0.15) is 0 Å². The molecule has 6 heteroatoms. The molecule has 0 saturated carbocycles. The van der Waals surface area contributed by atoms with Gasteiger partial charge in [0.05, 0.1) is 18.0 Å². The molecular weight excluding hydrogens is 342 g/mol. The molecule has 1 aliphatic rings. The molecule has 2 N–H and O–H groups in total. The number of hydrogen-bond donors (Lipinski definition) is 2. The smallest absolute Gasteiger partial charge is 0.293 e. The molecule has 0 unspecified atom stereocenters. The molecule has 0 radical (unpaired) electrons. The van der Waals surface area contributed by atoms with Gasteiger partial charge in [-0.25, -0.2) is 0 Å². The van der Waals surface area contributed by atoms with Crippen molar-refractivity contribution >= 4 is 17.3 Å². The lowest BCUT2D eigenvalue weighted by Crippen LogP contribution is -3.14. The van der Waals surface area contributed by atoms with Crippen LogP contribution >= 0.6 is 0 Å². The Kier molecular flexibility index (Phi) is 6.19. The van der Waals surface area contributed by atoms with Crippen molar-refractivity contribution in [1.82, 2.24) is 0 Å². The van der Waals surface area contributed by atoms with Crippen LogP contribution in [0.4, 0.5) is 11.4 Å². The van der Waals surface area contributed by atoms with E-state index in [0.717, 1.165) is 32.4 Å². The Morgan fingerprint density at radius 2 is 1.85 bits per heavy atom. The average molecular weight is 368 g/mol. The molecule has 1 fully saturated rings. The second-order valence-electron chi connectivity index (χ2n) is 7.33. The predicted molar refractivity (Wildman–Crippen MR) is 105 cm³/mol. The zero-order valence-electron chi connectivity index (χ0n) is 15.6. The van der Waals surface area contributed by atoms with Crippen molar-refractivity contribution in [3.63, 3.8) is 0 Å². The van der Waals surface area contributed by atoms with Crippen molar-refractivity contribution in [3.05, 3.63) is 69.8 Å². The first-order valence-corrected chi connectivity index (χ1v) is 9.44. The minimum atomic E-state index is -0.454. The minimum absolute atomic E-state index is 0.0556. The van der Waals surface area contributed by atoms with E-state index >= 15 is 0 Å². The number of amides is 1. The fourth-order valence-electron chi connectivity index (χ4n) is 3.79. The summed E-state index contributed by atoms with van der Waals surface area (Å²) < 4.78 is 0. The molecule has 142 valence electrons. The molecule has 1 amide bonds. The Labute approximate surface area is 159 Å². The summed E-state index contributed by atoms with van der Waals surface area (Å²) in [5.74, 6) is 0.501. The standard InChI is InChI=1S/C21H25N3O3/c1-16-6-5-9-19(24(26)27)21(16)22-20(25)15-23-12-10-18(11-13-23)14-17-7-3-2-4-8-17/h2-9,18H,10-15H2,1H3,(H,22,25)/p+1. The average Bonchev–Trinajstić information content (AvgIpc) is 2.65. The van der Waals surface area contributed by atoms with Gasteiger partial charge in [-0.15, -0.1) is 0 Å². The van der Waals surface area contributed by atoms with Crippen LogP contribution in [-0.4, -0.2) is 30.5 Å². The second-order valence-corrected chi connectivity index (χ2v) is 7.33. The van der Waals surface area contributed by atoms with E-state index < -0.39 is 4.92 Å². The fourth-order valence-corrected chi connectivity index (χ4v) is 3.79. The van der Waals surface area contributed by atoms with Gasteiger partial charge in [-0.1, -0.05) is 42.5 Å². The summed E-state index contributed by atoms with van der Waals surface area (Å²) in [6, 6.07) is 15.3. The third kappa shape index (κ3) is 5.14. The molecule has 3 rings (SSSR count). The van der Waals surface area contributed by atoms with Crippen LogP contribution in [0.3, 0.4) is 0 Å². The van der Waals surface area contributed by atoms with Gasteiger partial charge < -0.3 is 10.2 Å². The summed E-state index contributed by atoms with van der Waals surface area (Å²) in [7, 11) is 0. The van der Waals surface area contributed by atoms with Gasteiger partial charge in [0, 0.05) is 6.07 Å². The van der Waals surface area contributed by atoms with Crippen molar-refractivity contribution in [2.75, 3.05) is 25.0 Å². The monoisotopic (exact) mass is 368 g/mol. The summed E-state index contributed by atoms with van der Waals surface area (Å²) in [5, 5.41) is 13.9. The number of nitrogens with zero attached hydrogens (tertiary/aromatic N) is 1. The summed E-state index contributed by atoms with van der Waals surface area (Å²) >= 11 is 0. The highest BCUT2D eigenvalue weighted by Crippen LogP contribution is 2.27. The quantitative estimate of drug-likeness (QED) is 0.607. The largest absolute Gasteiger partial charge is 0.327 e. The molecule has 0 aliphatic carbocycles. The van der Waals surface area contributed by atoms with E-state index in [1.807, 2.05) is 6.07 Å². The number of nitrogens with one attached hydrogen (secondary N) is 2. The summed E-state index contributed by atoms with van der Waals surface area (Å²) in [6.07, 6.45) is 3.29. The molecule has 2 aromatic rings. The van der Waals surface area contributed by atoms with Crippen LogP contribution in [0.25, 0.3) is 0 Å². The highest BCUT2D eigenvalue weighted by Gasteiger charge is 2.25. The SMILES string of the molecule is Cc1cccc([N+](=O)[O-])c1NC(=O)C[NH+]1CCC(Cc2ccccc2)CC1. The number of para-hydroxylation sites is 1. The summed E-state index contributed by atoms with van der Waals surface area (Å²) in [6.45, 7) is 4.04. The van der Waals surface area contributed by atoms with Gasteiger partial charge in [0.2, 0.25) is 0 Å². The Morgan fingerprint density at radius 1 is 1.15 bits per heavy atom. The lowest BCUT2D eigenvalue weighted by atomic mass is 9.90. The van der Waals surface area contributed by atoms with Crippen LogP contribution in [0.1, 0.15) is 24.0 Å². The number of carbonyl (C=O) groups excluding carboxylic acids is 1. The summed E-state index contributed by atoms with van der Waals surface area (Å²) in [4.78, 5) is 24.4. The number of carbonyl (C=O) groups is 1. The van der Waals surface area contributed by atoms with Gasteiger partial charge in [0.1, 0.15) is 5.69 Å². The molecule has 0 spiro atoms. The molecule has 2 aromatic carbocycles. The third-order valence-electron chi connectivity index (χ3n) is 5.30. The number of piperidine rings is 1. The topological polar surface area (TPSA) is 76.7 Å². The molecular formula is C21H26N3O3+. The molecule has 0 atom stereocenters. The van der Waals surface area contributed by atoms with Crippen LogP contribution < -0.4 is 10.2 Å². The van der Waals surface area contributed by atoms with Gasteiger partial charge >= 0.3 is 0 Å². The lowest BCUT2D eigenvalue weighted by Gasteiger charge is -2.29. The molecule has 0 aromatic heterocycles. The second kappa shape index (κ2) is 8.77. The Balaban J connectivity index is 1.51. The fraction of sp³-hybridized carbons (Fsp3) is 0.381. The highest BCUT2D eigenvalue weighted by molar-refractivity contribution is 5.94. The van der Waals surface area contributed by atoms with E-state index in [4.69, 9.17) is 0 Å². The van der Waals surface area contributed by atoms with Crippen molar-refractivity contribution in [3.8, 4) is 0 Å². The normalized spacial score (nSPS) is 19.4. The van der Waals surface area contributed by atoms with Crippen molar-refractivity contribution < 1.29 is 14.6 Å². The zero-order valence-corrected chi connectivity index (χ0v) is 15.6. The first-order valence-electron chi connectivity index (χ1n) is 9.44. The maximum Gasteiger partial charge on any atom is 0.293 e. The number of nitro groups is 1. The van der Waals surface area contributed by atoms with Gasteiger partial charge in [0.25, 0.3) is 11.6 Å². The number of aryl methyl sites for hydroxylation is 1. The van der Waals surface area contributed by atoms with Crippen LogP contribution in [-0.2, 0) is 11.2 Å². The Hall–Kier alpha value is -2.73. The van der Waals surface area contributed by atoms with Gasteiger partial charge in [-0.3, -0.25) is 14.9 Å². The van der Waals surface area contributed by atoms with E-state index in [0.29, 0.717) is 23.7 Å². The number of benzene rings is 2. The van der Waals surface area contributed by atoms with Crippen molar-refractivity contribution in [1.29, 1.82) is 0 Å². The number of likely N-dealkylation sites (tertiary alicyclic amines) is 1. The third-order valence-corrected chi connectivity index (χ3v) is 5.30. The number of quaternary nitrogens is 1. The van der Waals surface area contributed by atoms with E-state index in [2.05, 4.69) is 29.6 Å². The first-order chi connectivity index (χ1) is 13.0.